The van der Waals surface area contributed by atoms with Crippen LogP contribution in [-0.4, -0.2) is 17.7 Å². The third kappa shape index (κ3) is 4.65. The average Bonchev–Trinajstić information content (AvgIpc) is 2.26. The number of carboxylic acid groups (broad SMARTS) is 1. The number of hydrogen-bond acceptors (Lipinski definition) is 2. The van der Waals surface area contributed by atoms with Crippen LogP contribution in [0.4, 0.5) is 0 Å². The topological polar surface area (TPSA) is 46.5 Å². The van der Waals surface area contributed by atoms with Gasteiger partial charge in [-0.25, -0.2) is 0 Å². The van der Waals surface area contributed by atoms with Crippen LogP contribution in [0.5, 0.6) is 5.75 Å². The Kier molecular flexibility index (Phi) is 4.82. The van der Waals surface area contributed by atoms with Crippen LogP contribution < -0.4 is 4.74 Å². The van der Waals surface area contributed by atoms with Gasteiger partial charge in [0.15, 0.2) is 0 Å². The Morgan fingerprint density at radius 1 is 1.35 bits per heavy atom. The minimum absolute atomic E-state index is 0.512. The van der Waals surface area contributed by atoms with Crippen molar-refractivity contribution in [2.45, 2.75) is 26.7 Å². The lowest BCUT2D eigenvalue weighted by molar-refractivity contribution is -0.147. The van der Waals surface area contributed by atoms with Crippen molar-refractivity contribution in [3.63, 3.8) is 0 Å². The number of hydrogen-bond donors (Lipinski definition) is 1. The first-order chi connectivity index (χ1) is 7.92. The summed E-state index contributed by atoms with van der Waals surface area (Å²) in [4.78, 5) is 10.9. The first-order valence-corrected chi connectivity index (χ1v) is 5.91. The third-order valence-electron chi connectivity index (χ3n) is 2.61. The molecule has 0 aliphatic heterocycles. The van der Waals surface area contributed by atoms with Gasteiger partial charge in [0.1, 0.15) is 5.75 Å². The largest absolute Gasteiger partial charge is 0.494 e. The van der Waals surface area contributed by atoms with Gasteiger partial charge in [0, 0.05) is 5.02 Å². The Labute approximate surface area is 106 Å². The number of halogens is 1. The van der Waals surface area contributed by atoms with Crippen molar-refractivity contribution in [1.29, 1.82) is 0 Å². The number of carbonyl (C=O) groups is 1. The van der Waals surface area contributed by atoms with E-state index in [2.05, 4.69) is 0 Å². The quantitative estimate of drug-likeness (QED) is 0.791. The van der Waals surface area contributed by atoms with E-state index >= 15 is 0 Å². The molecule has 17 heavy (non-hydrogen) atoms. The lowest BCUT2D eigenvalue weighted by atomic mass is 9.88. The van der Waals surface area contributed by atoms with E-state index in [0.29, 0.717) is 24.5 Å². The van der Waals surface area contributed by atoms with E-state index in [1.807, 2.05) is 0 Å². The van der Waals surface area contributed by atoms with Crippen LogP contribution in [0.3, 0.4) is 0 Å². The molecular formula is C13H17ClO3. The summed E-state index contributed by atoms with van der Waals surface area (Å²) in [5.74, 6) is -0.0217. The molecule has 0 bridgehead atoms. The molecule has 0 fully saturated rings. The first-order valence-electron chi connectivity index (χ1n) is 5.53. The van der Waals surface area contributed by atoms with E-state index in [-0.39, 0.29) is 0 Å². The summed E-state index contributed by atoms with van der Waals surface area (Å²) in [6.07, 6.45) is 1.30. The van der Waals surface area contributed by atoms with Crippen molar-refractivity contribution in [3.8, 4) is 5.75 Å². The smallest absolute Gasteiger partial charge is 0.309 e. The van der Waals surface area contributed by atoms with E-state index in [4.69, 9.17) is 21.4 Å². The molecule has 0 radical (unpaired) electrons. The highest BCUT2D eigenvalue weighted by atomic mass is 35.5. The second-order valence-electron chi connectivity index (χ2n) is 4.59. The molecular weight excluding hydrogens is 240 g/mol. The first kappa shape index (κ1) is 13.8. The molecule has 0 atom stereocenters. The molecule has 0 saturated carbocycles. The van der Waals surface area contributed by atoms with Gasteiger partial charge in [0.25, 0.3) is 0 Å². The molecule has 0 amide bonds. The van der Waals surface area contributed by atoms with Crippen LogP contribution in [0, 0.1) is 5.41 Å². The summed E-state index contributed by atoms with van der Waals surface area (Å²) in [6.45, 7) is 3.95. The van der Waals surface area contributed by atoms with Crippen molar-refractivity contribution >= 4 is 17.6 Å². The molecule has 0 saturated heterocycles. The van der Waals surface area contributed by atoms with Gasteiger partial charge in [-0.2, -0.15) is 0 Å². The van der Waals surface area contributed by atoms with Crippen molar-refractivity contribution in [3.05, 3.63) is 29.3 Å². The van der Waals surface area contributed by atoms with E-state index in [9.17, 15) is 4.79 Å². The van der Waals surface area contributed by atoms with Crippen LogP contribution in [0.1, 0.15) is 26.7 Å². The average molecular weight is 257 g/mol. The molecule has 1 rings (SSSR count). The van der Waals surface area contributed by atoms with Gasteiger partial charge in [0.05, 0.1) is 12.0 Å². The normalized spacial score (nSPS) is 11.2. The Morgan fingerprint density at radius 2 is 1.94 bits per heavy atom. The highest BCUT2D eigenvalue weighted by molar-refractivity contribution is 6.30. The number of aliphatic carboxylic acids is 1. The fourth-order valence-corrected chi connectivity index (χ4v) is 1.47. The van der Waals surface area contributed by atoms with Gasteiger partial charge >= 0.3 is 5.97 Å². The van der Waals surface area contributed by atoms with E-state index in [1.165, 1.54) is 0 Å². The summed E-state index contributed by atoms with van der Waals surface area (Å²) < 4.78 is 5.48. The third-order valence-corrected chi connectivity index (χ3v) is 2.86. The molecule has 1 aromatic rings. The van der Waals surface area contributed by atoms with Crippen molar-refractivity contribution < 1.29 is 14.6 Å². The zero-order valence-corrected chi connectivity index (χ0v) is 10.8. The number of benzene rings is 1. The van der Waals surface area contributed by atoms with Gasteiger partial charge in [-0.05, 0) is 51.0 Å². The summed E-state index contributed by atoms with van der Waals surface area (Å²) >= 11 is 5.75. The molecule has 1 N–H and O–H groups in total. The fraction of sp³-hybridized carbons (Fsp3) is 0.462. The Bertz CT molecular complexity index is 371. The Morgan fingerprint density at radius 3 is 2.47 bits per heavy atom. The maximum Gasteiger partial charge on any atom is 0.309 e. The Hall–Kier alpha value is -1.22. The van der Waals surface area contributed by atoms with Gasteiger partial charge in [0.2, 0.25) is 0 Å². The van der Waals surface area contributed by atoms with Crippen LogP contribution >= 0.6 is 11.6 Å². The lowest BCUT2D eigenvalue weighted by Gasteiger charge is -2.18. The molecule has 0 aliphatic carbocycles. The fourth-order valence-electron chi connectivity index (χ4n) is 1.34. The zero-order chi connectivity index (χ0) is 12.9. The highest BCUT2D eigenvalue weighted by Crippen LogP contribution is 2.23. The molecule has 4 heteroatoms. The minimum Gasteiger partial charge on any atom is -0.494 e. The molecule has 0 aliphatic rings. The molecule has 3 nitrogen and oxygen atoms in total. The van der Waals surface area contributed by atoms with Crippen LogP contribution in [0.25, 0.3) is 0 Å². The standard InChI is InChI=1S/C13H17ClO3/c1-13(2,12(15)16)8-3-9-17-11-6-4-10(14)5-7-11/h4-7H,3,8-9H2,1-2H3,(H,15,16). The van der Waals surface area contributed by atoms with Gasteiger partial charge < -0.3 is 9.84 Å². The second kappa shape index (κ2) is 5.92. The van der Waals surface area contributed by atoms with E-state index in [1.54, 1.807) is 38.1 Å². The number of ether oxygens (including phenoxy) is 1. The molecule has 0 aromatic heterocycles. The number of carboxylic acids is 1. The van der Waals surface area contributed by atoms with Crippen molar-refractivity contribution in [2.24, 2.45) is 5.41 Å². The summed E-state index contributed by atoms with van der Waals surface area (Å²) in [5, 5.41) is 9.60. The summed E-state index contributed by atoms with van der Waals surface area (Å²) in [5.41, 5.74) is -0.691. The van der Waals surface area contributed by atoms with E-state index < -0.39 is 11.4 Å². The van der Waals surface area contributed by atoms with Crippen LogP contribution in [0.15, 0.2) is 24.3 Å². The zero-order valence-electron chi connectivity index (χ0n) is 10.1. The Balaban J connectivity index is 2.29. The molecule has 0 spiro atoms. The van der Waals surface area contributed by atoms with Gasteiger partial charge in [-0.3, -0.25) is 4.79 Å². The molecule has 0 unspecified atom stereocenters. The minimum atomic E-state index is -0.774. The van der Waals surface area contributed by atoms with Crippen LogP contribution in [-0.2, 0) is 4.79 Å². The summed E-state index contributed by atoms with van der Waals surface area (Å²) in [7, 11) is 0. The molecule has 1 aromatic carbocycles. The van der Waals surface area contributed by atoms with E-state index in [0.717, 1.165) is 5.75 Å². The molecule has 0 heterocycles. The maximum atomic E-state index is 10.9. The predicted molar refractivity (Wildman–Crippen MR) is 67.6 cm³/mol. The van der Waals surface area contributed by atoms with Crippen molar-refractivity contribution in [1.82, 2.24) is 0 Å². The maximum absolute atomic E-state index is 10.9. The van der Waals surface area contributed by atoms with Gasteiger partial charge in [-0.1, -0.05) is 11.6 Å². The molecule has 94 valence electrons. The van der Waals surface area contributed by atoms with Gasteiger partial charge in [-0.15, -0.1) is 0 Å². The lowest BCUT2D eigenvalue weighted by Crippen LogP contribution is -2.24. The van der Waals surface area contributed by atoms with Crippen molar-refractivity contribution in [2.75, 3.05) is 6.61 Å². The summed E-state index contributed by atoms with van der Waals surface area (Å²) in [6, 6.07) is 7.12. The van der Waals surface area contributed by atoms with Crippen LogP contribution in [0.2, 0.25) is 5.02 Å². The predicted octanol–water partition coefficient (Wildman–Crippen LogP) is 3.61. The number of rotatable bonds is 6. The SMILES string of the molecule is CC(C)(CCCOc1ccc(Cl)cc1)C(=O)O. The highest BCUT2D eigenvalue weighted by Gasteiger charge is 2.26. The second-order valence-corrected chi connectivity index (χ2v) is 5.03. The monoisotopic (exact) mass is 256 g/mol.